The van der Waals surface area contributed by atoms with Crippen molar-refractivity contribution < 1.29 is 32.6 Å². The van der Waals surface area contributed by atoms with Gasteiger partial charge in [-0.3, -0.25) is 4.79 Å². The molecule has 5 nitrogen and oxygen atoms in total. The van der Waals surface area contributed by atoms with Crippen molar-refractivity contribution >= 4 is 11.9 Å². The third kappa shape index (κ3) is 4.05. The topological polar surface area (TPSA) is 66.8 Å². The first-order chi connectivity index (χ1) is 11.2. The quantitative estimate of drug-likeness (QED) is 0.802. The number of nitrogens with zero attached hydrogens (tertiary/aromatic N) is 1. The summed E-state index contributed by atoms with van der Waals surface area (Å²) in [4.78, 5) is 24.2. The molecule has 1 atom stereocenters. The van der Waals surface area contributed by atoms with E-state index in [9.17, 15) is 22.8 Å². The summed E-state index contributed by atoms with van der Waals surface area (Å²) in [6, 6.07) is 1.84. The molecule has 2 rings (SSSR count). The molecule has 0 aromatic heterocycles. The van der Waals surface area contributed by atoms with Crippen LogP contribution in [-0.2, 0) is 20.7 Å². The lowest BCUT2D eigenvalue weighted by molar-refractivity contribution is -0.147. The van der Waals surface area contributed by atoms with E-state index in [1.54, 1.807) is 6.92 Å². The van der Waals surface area contributed by atoms with Crippen LogP contribution in [-0.4, -0.2) is 47.2 Å². The molecule has 0 spiro atoms. The smallest absolute Gasteiger partial charge is 0.329 e. The SMILES string of the molecule is CC1(Cc2cc(F)c(F)c(F)c2)CCCN1C(=O)COCC(=O)O. The number of halogens is 3. The van der Waals surface area contributed by atoms with E-state index in [1.165, 1.54) is 4.90 Å². The van der Waals surface area contributed by atoms with Crippen LogP contribution in [0.5, 0.6) is 0 Å². The summed E-state index contributed by atoms with van der Waals surface area (Å²) in [6.07, 6.45) is 1.47. The van der Waals surface area contributed by atoms with E-state index in [4.69, 9.17) is 9.84 Å². The third-order valence-corrected chi connectivity index (χ3v) is 4.13. The highest BCUT2D eigenvalue weighted by molar-refractivity contribution is 5.79. The molecule has 1 aliphatic heterocycles. The highest BCUT2D eigenvalue weighted by Crippen LogP contribution is 2.33. The first kappa shape index (κ1) is 18.3. The zero-order chi connectivity index (χ0) is 17.9. The summed E-state index contributed by atoms with van der Waals surface area (Å²) in [5, 5.41) is 8.51. The number of hydrogen-bond acceptors (Lipinski definition) is 3. The predicted molar refractivity (Wildman–Crippen MR) is 77.8 cm³/mol. The Morgan fingerprint density at radius 2 is 1.88 bits per heavy atom. The Hall–Kier alpha value is -2.09. The summed E-state index contributed by atoms with van der Waals surface area (Å²) in [5.41, 5.74) is -0.444. The summed E-state index contributed by atoms with van der Waals surface area (Å²) in [6.45, 7) is 1.25. The first-order valence-corrected chi connectivity index (χ1v) is 7.46. The molecule has 0 aliphatic carbocycles. The maximum absolute atomic E-state index is 13.4. The molecule has 1 heterocycles. The van der Waals surface area contributed by atoms with Crippen LogP contribution in [0, 0.1) is 17.5 Å². The average Bonchev–Trinajstić information content (AvgIpc) is 2.85. The molecule has 1 saturated heterocycles. The number of hydrogen-bond donors (Lipinski definition) is 1. The van der Waals surface area contributed by atoms with Gasteiger partial charge in [0.2, 0.25) is 5.91 Å². The average molecular weight is 345 g/mol. The lowest BCUT2D eigenvalue weighted by Crippen LogP contribution is -2.48. The van der Waals surface area contributed by atoms with Crippen LogP contribution in [0.15, 0.2) is 12.1 Å². The molecule has 1 aromatic carbocycles. The number of benzene rings is 1. The third-order valence-electron chi connectivity index (χ3n) is 4.13. The minimum Gasteiger partial charge on any atom is -0.480 e. The molecular formula is C16H18F3NO4. The Morgan fingerprint density at radius 1 is 1.25 bits per heavy atom. The number of ether oxygens (including phenoxy) is 1. The van der Waals surface area contributed by atoms with Crippen molar-refractivity contribution in [3.05, 3.63) is 35.1 Å². The fourth-order valence-electron chi connectivity index (χ4n) is 3.09. The normalized spacial score (nSPS) is 20.4. The fourth-order valence-corrected chi connectivity index (χ4v) is 3.09. The molecular weight excluding hydrogens is 327 g/mol. The van der Waals surface area contributed by atoms with E-state index >= 15 is 0 Å². The van der Waals surface area contributed by atoms with E-state index in [-0.39, 0.29) is 24.5 Å². The zero-order valence-corrected chi connectivity index (χ0v) is 13.2. The van der Waals surface area contributed by atoms with Gasteiger partial charge in [0.15, 0.2) is 17.5 Å². The molecule has 8 heteroatoms. The summed E-state index contributed by atoms with van der Waals surface area (Å²) in [5.74, 6) is -5.63. The Kier molecular flexibility index (Phi) is 5.48. The Morgan fingerprint density at radius 3 is 2.46 bits per heavy atom. The maximum atomic E-state index is 13.4. The van der Waals surface area contributed by atoms with E-state index in [1.807, 2.05) is 0 Å². The number of carboxylic acids is 1. The van der Waals surface area contributed by atoms with Crippen molar-refractivity contribution in [2.75, 3.05) is 19.8 Å². The number of carbonyl (C=O) groups is 2. The molecule has 1 amide bonds. The standard InChI is InChI=1S/C16H18F3NO4/c1-16(7-10-5-11(17)15(19)12(18)6-10)3-2-4-20(16)13(21)8-24-9-14(22)23/h5-6H,2-4,7-9H2,1H3,(H,22,23). The van der Waals surface area contributed by atoms with Gasteiger partial charge in [0, 0.05) is 12.1 Å². The van der Waals surface area contributed by atoms with Crippen molar-refractivity contribution in [2.24, 2.45) is 0 Å². The second kappa shape index (κ2) is 7.21. The van der Waals surface area contributed by atoms with E-state index in [2.05, 4.69) is 0 Å². The highest BCUT2D eigenvalue weighted by atomic mass is 19.2. The molecule has 1 aliphatic rings. The number of carbonyl (C=O) groups excluding carboxylic acids is 1. The minimum absolute atomic E-state index is 0.159. The minimum atomic E-state index is -1.52. The van der Waals surface area contributed by atoms with Gasteiger partial charge < -0.3 is 14.7 Å². The van der Waals surface area contributed by atoms with Gasteiger partial charge in [-0.2, -0.15) is 0 Å². The molecule has 132 valence electrons. The van der Waals surface area contributed by atoms with Crippen LogP contribution in [0.4, 0.5) is 13.2 Å². The van der Waals surface area contributed by atoms with Gasteiger partial charge in [-0.25, -0.2) is 18.0 Å². The van der Waals surface area contributed by atoms with Crippen LogP contribution < -0.4 is 0 Å². The van der Waals surface area contributed by atoms with Crippen LogP contribution in [0.2, 0.25) is 0 Å². The summed E-state index contributed by atoms with van der Waals surface area (Å²) >= 11 is 0. The van der Waals surface area contributed by atoms with Crippen LogP contribution in [0.1, 0.15) is 25.3 Å². The Bertz CT molecular complexity index is 629. The van der Waals surface area contributed by atoms with Crippen LogP contribution >= 0.6 is 0 Å². The number of aliphatic carboxylic acids is 1. The number of amides is 1. The van der Waals surface area contributed by atoms with Crippen molar-refractivity contribution in [1.29, 1.82) is 0 Å². The monoisotopic (exact) mass is 345 g/mol. The second-order valence-electron chi connectivity index (χ2n) is 6.08. The van der Waals surface area contributed by atoms with Crippen molar-refractivity contribution in [1.82, 2.24) is 4.90 Å². The van der Waals surface area contributed by atoms with Gasteiger partial charge in [-0.15, -0.1) is 0 Å². The zero-order valence-electron chi connectivity index (χ0n) is 13.2. The van der Waals surface area contributed by atoms with E-state index in [0.717, 1.165) is 12.1 Å². The highest BCUT2D eigenvalue weighted by Gasteiger charge is 2.39. The summed E-state index contributed by atoms with van der Waals surface area (Å²) in [7, 11) is 0. The van der Waals surface area contributed by atoms with Gasteiger partial charge in [-0.1, -0.05) is 0 Å². The first-order valence-electron chi connectivity index (χ1n) is 7.46. The van der Waals surface area contributed by atoms with E-state index < -0.39 is 35.6 Å². The lowest BCUT2D eigenvalue weighted by Gasteiger charge is -2.35. The van der Waals surface area contributed by atoms with Gasteiger partial charge in [0.05, 0.1) is 0 Å². The molecule has 1 fully saturated rings. The Balaban J connectivity index is 2.09. The lowest BCUT2D eigenvalue weighted by atomic mass is 9.90. The molecule has 1 unspecified atom stereocenters. The molecule has 24 heavy (non-hydrogen) atoms. The number of carboxylic acid groups (broad SMARTS) is 1. The second-order valence-corrected chi connectivity index (χ2v) is 6.08. The molecule has 1 aromatic rings. The molecule has 0 radical (unpaired) electrons. The fraction of sp³-hybridized carbons (Fsp3) is 0.500. The molecule has 1 N–H and O–H groups in total. The van der Waals surface area contributed by atoms with Crippen LogP contribution in [0.3, 0.4) is 0 Å². The van der Waals surface area contributed by atoms with Gasteiger partial charge >= 0.3 is 5.97 Å². The van der Waals surface area contributed by atoms with Gasteiger partial charge in [0.1, 0.15) is 13.2 Å². The van der Waals surface area contributed by atoms with Crippen LogP contribution in [0.25, 0.3) is 0 Å². The Labute approximate surface area is 137 Å². The molecule has 0 saturated carbocycles. The maximum Gasteiger partial charge on any atom is 0.329 e. The van der Waals surface area contributed by atoms with Crippen molar-refractivity contribution in [2.45, 2.75) is 31.7 Å². The summed E-state index contributed by atoms with van der Waals surface area (Å²) < 4.78 is 44.6. The largest absolute Gasteiger partial charge is 0.480 e. The number of rotatable bonds is 6. The molecule has 0 bridgehead atoms. The van der Waals surface area contributed by atoms with Crippen molar-refractivity contribution in [3.63, 3.8) is 0 Å². The predicted octanol–water partition coefficient (Wildman–Crippen LogP) is 2.13. The van der Waals surface area contributed by atoms with Crippen molar-refractivity contribution in [3.8, 4) is 0 Å². The van der Waals surface area contributed by atoms with Gasteiger partial charge in [-0.05, 0) is 43.9 Å². The number of likely N-dealkylation sites (tertiary alicyclic amines) is 1. The van der Waals surface area contributed by atoms with E-state index in [0.29, 0.717) is 19.4 Å². The van der Waals surface area contributed by atoms with Gasteiger partial charge in [0.25, 0.3) is 0 Å².